The standard InChI is InChI=1S/C15H18ClN.C2H6/c1-11(2)7-14(8-12(3)17)9-13-5-4-6-15(16)10-13;1-2/h4-8,10H,3,9,17H2,1-2H3;1-2H3/b14-8+;. The molecular weight excluding hydrogens is 254 g/mol. The van der Waals surface area contributed by atoms with Crippen LogP contribution in [0.1, 0.15) is 33.3 Å². The first-order valence-corrected chi connectivity index (χ1v) is 6.89. The molecule has 2 heteroatoms. The van der Waals surface area contributed by atoms with Gasteiger partial charge in [0.2, 0.25) is 0 Å². The Morgan fingerprint density at radius 1 is 1.26 bits per heavy atom. The van der Waals surface area contributed by atoms with Crippen LogP contribution >= 0.6 is 11.6 Å². The molecule has 2 N–H and O–H groups in total. The van der Waals surface area contributed by atoms with Crippen molar-refractivity contribution in [2.45, 2.75) is 34.1 Å². The highest BCUT2D eigenvalue weighted by Gasteiger charge is 1.99. The monoisotopic (exact) mass is 277 g/mol. The van der Waals surface area contributed by atoms with Gasteiger partial charge in [0.1, 0.15) is 0 Å². The van der Waals surface area contributed by atoms with Crippen molar-refractivity contribution in [2.24, 2.45) is 5.73 Å². The van der Waals surface area contributed by atoms with E-state index in [1.54, 1.807) is 0 Å². The fourth-order valence-corrected chi connectivity index (χ4v) is 1.85. The van der Waals surface area contributed by atoms with Crippen LogP contribution in [0.5, 0.6) is 0 Å². The molecule has 0 saturated heterocycles. The molecule has 0 aliphatic carbocycles. The zero-order valence-corrected chi connectivity index (χ0v) is 13.1. The molecule has 0 atom stereocenters. The van der Waals surface area contributed by atoms with Crippen LogP contribution in [-0.2, 0) is 6.42 Å². The lowest BCUT2D eigenvalue weighted by atomic mass is 10.0. The fourth-order valence-electron chi connectivity index (χ4n) is 1.64. The quantitative estimate of drug-likeness (QED) is 0.745. The van der Waals surface area contributed by atoms with Crippen LogP contribution in [0, 0.1) is 0 Å². The summed E-state index contributed by atoms with van der Waals surface area (Å²) in [6, 6.07) is 7.84. The van der Waals surface area contributed by atoms with Crippen molar-refractivity contribution in [3.63, 3.8) is 0 Å². The molecule has 0 saturated carbocycles. The summed E-state index contributed by atoms with van der Waals surface area (Å²) in [5.74, 6) is 0. The Bertz CT molecular complexity index is 466. The number of hydrogen-bond donors (Lipinski definition) is 1. The van der Waals surface area contributed by atoms with E-state index < -0.39 is 0 Å². The zero-order chi connectivity index (χ0) is 14.8. The van der Waals surface area contributed by atoms with Crippen molar-refractivity contribution in [1.29, 1.82) is 0 Å². The van der Waals surface area contributed by atoms with Gasteiger partial charge in [0, 0.05) is 10.7 Å². The van der Waals surface area contributed by atoms with Gasteiger partial charge in [-0.25, -0.2) is 0 Å². The van der Waals surface area contributed by atoms with Gasteiger partial charge in [-0.15, -0.1) is 0 Å². The van der Waals surface area contributed by atoms with E-state index in [4.69, 9.17) is 17.3 Å². The summed E-state index contributed by atoms with van der Waals surface area (Å²) < 4.78 is 0. The van der Waals surface area contributed by atoms with Gasteiger partial charge in [0.15, 0.2) is 0 Å². The van der Waals surface area contributed by atoms with Crippen molar-refractivity contribution < 1.29 is 0 Å². The van der Waals surface area contributed by atoms with Crippen molar-refractivity contribution in [3.8, 4) is 0 Å². The second-order valence-electron chi connectivity index (χ2n) is 4.32. The SMILES string of the molecule is C=C(N)/C=C(\C=C(C)C)Cc1cccc(Cl)c1.CC. The van der Waals surface area contributed by atoms with E-state index in [2.05, 4.69) is 32.6 Å². The molecule has 0 radical (unpaired) electrons. The van der Waals surface area contributed by atoms with Gasteiger partial charge in [0.25, 0.3) is 0 Å². The molecule has 0 amide bonds. The normalized spacial score (nSPS) is 10.3. The third kappa shape index (κ3) is 8.28. The van der Waals surface area contributed by atoms with Gasteiger partial charge >= 0.3 is 0 Å². The predicted octanol–water partition coefficient (Wildman–Crippen LogP) is 5.27. The van der Waals surface area contributed by atoms with E-state index in [-0.39, 0.29) is 0 Å². The number of hydrogen-bond acceptors (Lipinski definition) is 1. The Kier molecular flexibility index (Phi) is 8.73. The first-order chi connectivity index (χ1) is 8.97. The van der Waals surface area contributed by atoms with Gasteiger partial charge in [-0.05, 0) is 49.6 Å². The molecule has 0 spiro atoms. The van der Waals surface area contributed by atoms with Gasteiger partial charge in [-0.1, -0.05) is 55.8 Å². The smallest absolute Gasteiger partial charge is 0.0408 e. The van der Waals surface area contributed by atoms with Crippen LogP contribution in [-0.4, -0.2) is 0 Å². The molecule has 19 heavy (non-hydrogen) atoms. The van der Waals surface area contributed by atoms with Gasteiger partial charge in [0.05, 0.1) is 0 Å². The van der Waals surface area contributed by atoms with Crippen molar-refractivity contribution in [1.82, 2.24) is 0 Å². The Labute approximate surface area is 122 Å². The van der Waals surface area contributed by atoms with Crippen molar-refractivity contribution in [3.05, 3.63) is 70.4 Å². The van der Waals surface area contributed by atoms with E-state index in [9.17, 15) is 0 Å². The lowest BCUT2D eigenvalue weighted by molar-refractivity contribution is 1.17. The van der Waals surface area contributed by atoms with Crippen LogP contribution < -0.4 is 5.73 Å². The molecule has 1 aromatic carbocycles. The number of rotatable bonds is 4. The highest BCUT2D eigenvalue weighted by atomic mass is 35.5. The molecule has 1 aromatic rings. The molecule has 0 aliphatic heterocycles. The largest absolute Gasteiger partial charge is 0.399 e. The van der Waals surface area contributed by atoms with E-state index in [0.29, 0.717) is 5.70 Å². The highest BCUT2D eigenvalue weighted by molar-refractivity contribution is 6.30. The number of nitrogens with two attached hydrogens (primary N) is 1. The summed E-state index contributed by atoms with van der Waals surface area (Å²) in [5, 5.41) is 0.755. The van der Waals surface area contributed by atoms with E-state index >= 15 is 0 Å². The number of halogens is 1. The van der Waals surface area contributed by atoms with Gasteiger partial charge in [-0.2, -0.15) is 0 Å². The predicted molar refractivity (Wildman–Crippen MR) is 87.3 cm³/mol. The highest BCUT2D eigenvalue weighted by Crippen LogP contribution is 2.16. The van der Waals surface area contributed by atoms with E-state index in [1.165, 1.54) is 11.1 Å². The average molecular weight is 278 g/mol. The molecule has 0 aromatic heterocycles. The maximum atomic E-state index is 5.96. The van der Waals surface area contributed by atoms with Crippen LogP contribution in [0.25, 0.3) is 0 Å². The summed E-state index contributed by atoms with van der Waals surface area (Å²) in [6.45, 7) is 11.8. The topological polar surface area (TPSA) is 26.0 Å². The minimum Gasteiger partial charge on any atom is -0.399 e. The maximum absolute atomic E-state index is 5.96. The molecule has 1 rings (SSSR count). The Hall–Kier alpha value is -1.47. The molecular formula is C17H24ClN. The first kappa shape index (κ1) is 17.5. The zero-order valence-electron chi connectivity index (χ0n) is 12.3. The summed E-state index contributed by atoms with van der Waals surface area (Å²) >= 11 is 5.96. The van der Waals surface area contributed by atoms with Gasteiger partial charge < -0.3 is 5.73 Å². The first-order valence-electron chi connectivity index (χ1n) is 6.51. The summed E-state index contributed by atoms with van der Waals surface area (Å²) in [5.41, 5.74) is 9.74. The fraction of sp³-hybridized carbons (Fsp3) is 0.294. The van der Waals surface area contributed by atoms with E-state index in [0.717, 1.165) is 17.0 Å². The molecule has 104 valence electrons. The third-order valence-corrected chi connectivity index (χ3v) is 2.38. The average Bonchev–Trinajstić information content (AvgIpc) is 2.29. The lowest BCUT2D eigenvalue weighted by Gasteiger charge is -2.05. The Morgan fingerprint density at radius 3 is 2.37 bits per heavy atom. The molecule has 0 fully saturated rings. The Morgan fingerprint density at radius 2 is 1.89 bits per heavy atom. The minimum atomic E-state index is 0.569. The third-order valence-electron chi connectivity index (χ3n) is 2.14. The number of allylic oxidation sites excluding steroid dienone is 4. The van der Waals surface area contributed by atoms with Gasteiger partial charge in [-0.3, -0.25) is 0 Å². The summed E-state index contributed by atoms with van der Waals surface area (Å²) in [7, 11) is 0. The van der Waals surface area contributed by atoms with Crippen molar-refractivity contribution >= 4 is 11.6 Å². The van der Waals surface area contributed by atoms with E-state index in [1.807, 2.05) is 38.1 Å². The second-order valence-corrected chi connectivity index (χ2v) is 4.76. The van der Waals surface area contributed by atoms with Crippen LogP contribution in [0.4, 0.5) is 0 Å². The molecule has 0 aliphatic rings. The Balaban J connectivity index is 0.00000154. The van der Waals surface area contributed by atoms with Crippen LogP contribution in [0.3, 0.4) is 0 Å². The minimum absolute atomic E-state index is 0.569. The molecule has 0 unspecified atom stereocenters. The van der Waals surface area contributed by atoms with Crippen LogP contribution in [0.2, 0.25) is 5.02 Å². The summed E-state index contributed by atoms with van der Waals surface area (Å²) in [6.07, 6.45) is 4.81. The second kappa shape index (κ2) is 9.46. The molecule has 0 heterocycles. The molecule has 1 nitrogen and oxygen atoms in total. The van der Waals surface area contributed by atoms with Crippen LogP contribution in [0.15, 0.2) is 59.8 Å². The van der Waals surface area contributed by atoms with Crippen molar-refractivity contribution in [2.75, 3.05) is 0 Å². The summed E-state index contributed by atoms with van der Waals surface area (Å²) in [4.78, 5) is 0. The lowest BCUT2D eigenvalue weighted by Crippen LogP contribution is -1.95. The maximum Gasteiger partial charge on any atom is 0.0408 e. The number of benzene rings is 1. The molecule has 0 bridgehead atoms.